The summed E-state index contributed by atoms with van der Waals surface area (Å²) in [6.07, 6.45) is -0.266. The Hall–Kier alpha value is -1.39. The van der Waals surface area contributed by atoms with Crippen LogP contribution in [-0.2, 0) is 4.74 Å². The maximum absolute atomic E-state index is 5.58. The van der Waals surface area contributed by atoms with E-state index in [4.69, 9.17) is 14.9 Å². The first-order valence-electron chi connectivity index (χ1n) is 4.84. The van der Waals surface area contributed by atoms with Gasteiger partial charge in [-0.1, -0.05) is 6.07 Å². The Bertz CT molecular complexity index is 461. The summed E-state index contributed by atoms with van der Waals surface area (Å²) in [6, 6.07) is 5.88. The summed E-state index contributed by atoms with van der Waals surface area (Å²) in [4.78, 5) is 4.32. The molecule has 1 atom stereocenters. The summed E-state index contributed by atoms with van der Waals surface area (Å²) in [6.45, 7) is 2.38. The minimum absolute atomic E-state index is 0.266. The van der Waals surface area contributed by atoms with Crippen molar-refractivity contribution < 1.29 is 9.15 Å². The number of aryl methyl sites for hydroxylation is 1. The van der Waals surface area contributed by atoms with Crippen LogP contribution in [0.2, 0.25) is 0 Å². The van der Waals surface area contributed by atoms with Crippen molar-refractivity contribution in [1.82, 2.24) is 4.98 Å². The van der Waals surface area contributed by atoms with Crippen LogP contribution in [0, 0.1) is 6.92 Å². The van der Waals surface area contributed by atoms with E-state index in [-0.39, 0.29) is 6.10 Å². The smallest absolute Gasteiger partial charge is 0.225 e. The van der Waals surface area contributed by atoms with Crippen molar-refractivity contribution >= 4 is 11.1 Å². The van der Waals surface area contributed by atoms with E-state index in [0.29, 0.717) is 12.4 Å². The van der Waals surface area contributed by atoms with Gasteiger partial charge in [-0.2, -0.15) is 0 Å². The molecule has 0 bridgehead atoms. The number of benzene rings is 1. The first-order valence-corrected chi connectivity index (χ1v) is 4.84. The molecule has 2 rings (SSSR count). The van der Waals surface area contributed by atoms with Crippen molar-refractivity contribution in [1.29, 1.82) is 0 Å². The van der Waals surface area contributed by atoms with Crippen LogP contribution in [0.15, 0.2) is 22.6 Å². The number of nitrogens with two attached hydrogens (primary N) is 1. The molecule has 15 heavy (non-hydrogen) atoms. The van der Waals surface area contributed by atoms with E-state index >= 15 is 0 Å². The molecule has 0 fully saturated rings. The Morgan fingerprint density at radius 3 is 3.00 bits per heavy atom. The molecule has 0 radical (unpaired) electrons. The van der Waals surface area contributed by atoms with Crippen LogP contribution in [0.4, 0.5) is 0 Å². The third-order valence-corrected chi connectivity index (χ3v) is 2.33. The number of rotatable bonds is 3. The zero-order chi connectivity index (χ0) is 10.8. The van der Waals surface area contributed by atoms with E-state index in [1.165, 1.54) is 0 Å². The van der Waals surface area contributed by atoms with Crippen molar-refractivity contribution in [2.24, 2.45) is 5.73 Å². The second-order valence-electron chi connectivity index (χ2n) is 3.48. The fourth-order valence-electron chi connectivity index (χ4n) is 1.49. The summed E-state index contributed by atoms with van der Waals surface area (Å²) >= 11 is 0. The molecule has 0 saturated carbocycles. The molecular weight excluding hydrogens is 192 g/mol. The van der Waals surface area contributed by atoms with E-state index in [0.717, 1.165) is 16.7 Å². The van der Waals surface area contributed by atoms with Crippen LogP contribution in [0.5, 0.6) is 0 Å². The lowest BCUT2D eigenvalue weighted by Crippen LogP contribution is -2.14. The van der Waals surface area contributed by atoms with Gasteiger partial charge in [-0.15, -0.1) is 0 Å². The Balaban J connectivity index is 2.46. The zero-order valence-electron chi connectivity index (χ0n) is 8.86. The topological polar surface area (TPSA) is 61.3 Å². The summed E-state index contributed by atoms with van der Waals surface area (Å²) in [5, 5.41) is 0. The number of methoxy groups -OCH3 is 1. The van der Waals surface area contributed by atoms with Gasteiger partial charge in [-0.25, -0.2) is 4.98 Å². The third-order valence-electron chi connectivity index (χ3n) is 2.33. The van der Waals surface area contributed by atoms with E-state index in [1.807, 2.05) is 25.1 Å². The highest BCUT2D eigenvalue weighted by molar-refractivity contribution is 5.73. The van der Waals surface area contributed by atoms with Gasteiger partial charge in [0.05, 0.1) is 0 Å². The summed E-state index contributed by atoms with van der Waals surface area (Å²) in [5.74, 6) is 0.542. The highest BCUT2D eigenvalue weighted by Crippen LogP contribution is 2.22. The van der Waals surface area contributed by atoms with Crippen molar-refractivity contribution in [3.8, 4) is 0 Å². The van der Waals surface area contributed by atoms with Gasteiger partial charge in [0.15, 0.2) is 5.58 Å². The van der Waals surface area contributed by atoms with Crippen LogP contribution in [-0.4, -0.2) is 18.6 Å². The number of ether oxygens (including phenoxy) is 1. The monoisotopic (exact) mass is 206 g/mol. The molecule has 1 aromatic carbocycles. The average Bonchev–Trinajstić information content (AvgIpc) is 2.62. The molecule has 4 nitrogen and oxygen atoms in total. The third kappa shape index (κ3) is 1.86. The number of aromatic nitrogens is 1. The van der Waals surface area contributed by atoms with E-state index < -0.39 is 0 Å². The Labute approximate surface area is 88.0 Å². The number of hydrogen-bond acceptors (Lipinski definition) is 4. The lowest BCUT2D eigenvalue weighted by molar-refractivity contribution is 0.0878. The minimum atomic E-state index is -0.266. The molecule has 0 aliphatic carbocycles. The number of fused-ring (bicyclic) bond motifs is 1. The molecule has 0 spiro atoms. The van der Waals surface area contributed by atoms with Gasteiger partial charge in [-0.05, 0) is 24.6 Å². The minimum Gasteiger partial charge on any atom is -0.438 e. The molecule has 1 heterocycles. The van der Waals surface area contributed by atoms with Gasteiger partial charge < -0.3 is 14.9 Å². The highest BCUT2D eigenvalue weighted by atomic mass is 16.5. The molecular formula is C11H14N2O2. The first-order chi connectivity index (χ1) is 7.24. The van der Waals surface area contributed by atoms with Crippen molar-refractivity contribution in [2.45, 2.75) is 13.0 Å². The standard InChI is InChI=1S/C11H14N2O2/c1-7-3-4-8-9(5-7)15-11(13-8)10(6-12)14-2/h3-5,10H,6,12H2,1-2H3. The molecule has 1 aromatic heterocycles. The largest absolute Gasteiger partial charge is 0.438 e. The zero-order valence-corrected chi connectivity index (χ0v) is 8.86. The summed E-state index contributed by atoms with van der Waals surface area (Å²) in [5.41, 5.74) is 8.30. The summed E-state index contributed by atoms with van der Waals surface area (Å²) in [7, 11) is 1.59. The van der Waals surface area contributed by atoms with Gasteiger partial charge in [0.2, 0.25) is 5.89 Å². The van der Waals surface area contributed by atoms with E-state index in [2.05, 4.69) is 4.98 Å². The van der Waals surface area contributed by atoms with Gasteiger partial charge in [-0.3, -0.25) is 0 Å². The molecule has 1 unspecified atom stereocenters. The normalized spacial score (nSPS) is 13.3. The lowest BCUT2D eigenvalue weighted by Gasteiger charge is -2.06. The fourth-order valence-corrected chi connectivity index (χ4v) is 1.49. The van der Waals surface area contributed by atoms with Crippen molar-refractivity contribution in [3.05, 3.63) is 29.7 Å². The Morgan fingerprint density at radius 1 is 1.53 bits per heavy atom. The Kier molecular flexibility index (Phi) is 2.70. The predicted octanol–water partition coefficient (Wildman–Crippen LogP) is 1.78. The molecule has 2 N–H and O–H groups in total. The van der Waals surface area contributed by atoms with Crippen LogP contribution in [0.1, 0.15) is 17.6 Å². The second-order valence-corrected chi connectivity index (χ2v) is 3.48. The van der Waals surface area contributed by atoms with Crippen molar-refractivity contribution in [3.63, 3.8) is 0 Å². The number of hydrogen-bond donors (Lipinski definition) is 1. The number of oxazole rings is 1. The van der Waals surface area contributed by atoms with Gasteiger partial charge in [0.1, 0.15) is 11.6 Å². The molecule has 0 aliphatic heterocycles. The highest BCUT2D eigenvalue weighted by Gasteiger charge is 2.15. The molecule has 4 heteroatoms. The SMILES string of the molecule is COC(CN)c1nc2ccc(C)cc2o1. The summed E-state index contributed by atoms with van der Waals surface area (Å²) < 4.78 is 10.7. The Morgan fingerprint density at radius 2 is 2.33 bits per heavy atom. The van der Waals surface area contributed by atoms with Gasteiger partial charge in [0, 0.05) is 13.7 Å². The average molecular weight is 206 g/mol. The van der Waals surface area contributed by atoms with E-state index in [1.54, 1.807) is 7.11 Å². The first kappa shape index (κ1) is 10.1. The van der Waals surface area contributed by atoms with Crippen LogP contribution < -0.4 is 5.73 Å². The van der Waals surface area contributed by atoms with Crippen LogP contribution in [0.25, 0.3) is 11.1 Å². The predicted molar refractivity (Wildman–Crippen MR) is 57.6 cm³/mol. The van der Waals surface area contributed by atoms with E-state index in [9.17, 15) is 0 Å². The van der Waals surface area contributed by atoms with Crippen molar-refractivity contribution in [2.75, 3.05) is 13.7 Å². The molecule has 80 valence electrons. The quantitative estimate of drug-likeness (QED) is 0.831. The van der Waals surface area contributed by atoms with Gasteiger partial charge in [0.25, 0.3) is 0 Å². The maximum atomic E-state index is 5.58. The molecule has 0 amide bonds. The molecule has 2 aromatic rings. The second kappa shape index (κ2) is 4.00. The number of nitrogens with zero attached hydrogens (tertiary/aromatic N) is 1. The molecule has 0 aliphatic rings. The lowest BCUT2D eigenvalue weighted by atomic mass is 10.2. The van der Waals surface area contributed by atoms with Crippen LogP contribution >= 0.6 is 0 Å². The van der Waals surface area contributed by atoms with Crippen LogP contribution in [0.3, 0.4) is 0 Å². The molecule has 0 saturated heterocycles. The van der Waals surface area contributed by atoms with Gasteiger partial charge >= 0.3 is 0 Å². The fraction of sp³-hybridized carbons (Fsp3) is 0.364. The maximum Gasteiger partial charge on any atom is 0.225 e.